The SMILES string of the molecule is NC(=O)C[C@@H]1CCCCN1C(=O)c1cccc(-c2ccc(O)cc2F)c1. The first-order chi connectivity index (χ1) is 12.5. The predicted octanol–water partition coefficient (Wildman–Crippen LogP) is 3.07. The molecule has 1 heterocycles. The van der Waals surface area contributed by atoms with Crippen molar-refractivity contribution in [2.45, 2.75) is 31.7 Å². The van der Waals surface area contributed by atoms with Crippen molar-refractivity contribution < 1.29 is 19.1 Å². The fourth-order valence-electron chi connectivity index (χ4n) is 3.44. The number of phenolic OH excluding ortho intramolecular Hbond substituents is 1. The summed E-state index contributed by atoms with van der Waals surface area (Å²) in [6.45, 7) is 0.578. The van der Waals surface area contributed by atoms with Crippen LogP contribution in [0, 0.1) is 5.82 Å². The fraction of sp³-hybridized carbons (Fsp3) is 0.300. The zero-order chi connectivity index (χ0) is 18.7. The third kappa shape index (κ3) is 3.85. The van der Waals surface area contributed by atoms with Gasteiger partial charge in [-0.05, 0) is 49.1 Å². The number of amides is 2. The Bertz CT molecular complexity index is 838. The summed E-state index contributed by atoms with van der Waals surface area (Å²) in [6, 6.07) is 10.4. The number of aromatic hydroxyl groups is 1. The fourth-order valence-corrected chi connectivity index (χ4v) is 3.44. The molecule has 1 fully saturated rings. The molecule has 0 unspecified atom stereocenters. The molecule has 1 atom stereocenters. The van der Waals surface area contributed by atoms with E-state index < -0.39 is 11.7 Å². The standard InChI is InChI=1S/C20H21FN2O3/c21-18-12-16(24)7-8-17(18)13-4-3-5-14(10-13)20(26)23-9-2-1-6-15(23)11-19(22)25/h3-5,7-8,10,12,15,24H,1-2,6,9,11H2,(H2,22,25)/t15-/m0/s1. The second-order valence-electron chi connectivity index (χ2n) is 6.56. The number of piperidine rings is 1. The number of halogens is 1. The Morgan fingerprint density at radius 2 is 2.00 bits per heavy atom. The lowest BCUT2D eigenvalue weighted by Gasteiger charge is -2.35. The molecule has 136 valence electrons. The van der Waals surface area contributed by atoms with Crippen molar-refractivity contribution in [3.63, 3.8) is 0 Å². The van der Waals surface area contributed by atoms with Crippen molar-refractivity contribution in [1.82, 2.24) is 4.90 Å². The van der Waals surface area contributed by atoms with E-state index in [-0.39, 0.29) is 24.1 Å². The largest absolute Gasteiger partial charge is 0.508 e. The van der Waals surface area contributed by atoms with Gasteiger partial charge in [0.25, 0.3) is 5.91 Å². The molecule has 1 saturated heterocycles. The monoisotopic (exact) mass is 356 g/mol. The van der Waals surface area contributed by atoms with Crippen LogP contribution >= 0.6 is 0 Å². The highest BCUT2D eigenvalue weighted by molar-refractivity contribution is 5.96. The van der Waals surface area contributed by atoms with Crippen LogP contribution in [-0.2, 0) is 4.79 Å². The van der Waals surface area contributed by atoms with Crippen molar-refractivity contribution >= 4 is 11.8 Å². The van der Waals surface area contributed by atoms with Crippen LogP contribution in [0.2, 0.25) is 0 Å². The quantitative estimate of drug-likeness (QED) is 0.883. The average molecular weight is 356 g/mol. The van der Waals surface area contributed by atoms with Gasteiger partial charge in [-0.1, -0.05) is 12.1 Å². The average Bonchev–Trinajstić information content (AvgIpc) is 2.61. The number of nitrogens with zero attached hydrogens (tertiary/aromatic N) is 1. The summed E-state index contributed by atoms with van der Waals surface area (Å²) in [6.07, 6.45) is 2.74. The Kier molecular flexibility index (Phi) is 5.21. The summed E-state index contributed by atoms with van der Waals surface area (Å²) < 4.78 is 14.1. The molecule has 0 aliphatic carbocycles. The molecule has 3 rings (SSSR count). The maximum Gasteiger partial charge on any atom is 0.254 e. The van der Waals surface area contributed by atoms with E-state index in [4.69, 9.17) is 5.73 Å². The summed E-state index contributed by atoms with van der Waals surface area (Å²) in [4.78, 5) is 25.9. The van der Waals surface area contributed by atoms with E-state index in [1.54, 1.807) is 29.2 Å². The summed E-state index contributed by atoms with van der Waals surface area (Å²) in [5.41, 5.74) is 6.61. The lowest BCUT2D eigenvalue weighted by molar-refractivity contribution is -0.119. The lowest BCUT2D eigenvalue weighted by Crippen LogP contribution is -2.45. The molecule has 0 spiro atoms. The summed E-state index contributed by atoms with van der Waals surface area (Å²) in [5, 5.41) is 9.36. The molecular formula is C20H21FN2O3. The van der Waals surface area contributed by atoms with Gasteiger partial charge in [-0.15, -0.1) is 0 Å². The molecule has 0 saturated carbocycles. The molecule has 1 aliphatic rings. The van der Waals surface area contributed by atoms with Gasteiger partial charge in [-0.2, -0.15) is 0 Å². The Labute approximate surface area is 151 Å². The highest BCUT2D eigenvalue weighted by atomic mass is 19.1. The first-order valence-electron chi connectivity index (χ1n) is 8.64. The summed E-state index contributed by atoms with van der Waals surface area (Å²) >= 11 is 0. The summed E-state index contributed by atoms with van der Waals surface area (Å²) in [7, 11) is 0. The Morgan fingerprint density at radius 1 is 1.19 bits per heavy atom. The molecule has 0 radical (unpaired) electrons. The van der Waals surface area contributed by atoms with E-state index in [9.17, 15) is 19.1 Å². The molecule has 2 amide bonds. The number of carbonyl (C=O) groups excluding carboxylic acids is 2. The van der Waals surface area contributed by atoms with Gasteiger partial charge in [0.15, 0.2) is 0 Å². The number of hydrogen-bond acceptors (Lipinski definition) is 3. The second kappa shape index (κ2) is 7.56. The molecule has 6 heteroatoms. The van der Waals surface area contributed by atoms with Gasteiger partial charge < -0.3 is 15.7 Å². The van der Waals surface area contributed by atoms with Gasteiger partial charge in [0, 0.05) is 36.2 Å². The van der Waals surface area contributed by atoms with E-state index in [2.05, 4.69) is 0 Å². The normalized spacial score (nSPS) is 17.1. The van der Waals surface area contributed by atoms with Crippen molar-refractivity contribution in [3.05, 3.63) is 53.8 Å². The highest BCUT2D eigenvalue weighted by Gasteiger charge is 2.28. The Hall–Kier alpha value is -2.89. The third-order valence-electron chi connectivity index (χ3n) is 4.70. The Morgan fingerprint density at radius 3 is 2.73 bits per heavy atom. The molecule has 5 nitrogen and oxygen atoms in total. The number of phenols is 1. The van der Waals surface area contributed by atoms with Gasteiger partial charge in [0.05, 0.1) is 0 Å². The molecule has 0 bridgehead atoms. The molecular weight excluding hydrogens is 335 g/mol. The molecule has 2 aromatic carbocycles. The van der Waals surface area contributed by atoms with Crippen molar-refractivity contribution in [2.24, 2.45) is 5.73 Å². The second-order valence-corrected chi connectivity index (χ2v) is 6.56. The third-order valence-corrected chi connectivity index (χ3v) is 4.70. The number of likely N-dealkylation sites (tertiary alicyclic amines) is 1. The van der Waals surface area contributed by atoms with Gasteiger partial charge in [-0.25, -0.2) is 4.39 Å². The number of hydrogen-bond donors (Lipinski definition) is 2. The predicted molar refractivity (Wildman–Crippen MR) is 96.0 cm³/mol. The highest BCUT2D eigenvalue weighted by Crippen LogP contribution is 2.28. The van der Waals surface area contributed by atoms with Gasteiger partial charge in [-0.3, -0.25) is 9.59 Å². The molecule has 1 aliphatic heterocycles. The minimum absolute atomic E-state index is 0.151. The van der Waals surface area contributed by atoms with Crippen LogP contribution in [0.5, 0.6) is 5.75 Å². The smallest absolute Gasteiger partial charge is 0.254 e. The number of benzene rings is 2. The number of rotatable bonds is 4. The number of nitrogens with two attached hydrogens (primary N) is 1. The van der Waals surface area contributed by atoms with Crippen LogP contribution in [0.25, 0.3) is 11.1 Å². The molecule has 3 N–H and O–H groups in total. The van der Waals surface area contributed by atoms with Crippen molar-refractivity contribution in [3.8, 4) is 16.9 Å². The van der Waals surface area contributed by atoms with E-state index >= 15 is 0 Å². The molecule has 26 heavy (non-hydrogen) atoms. The maximum atomic E-state index is 14.1. The van der Waals surface area contributed by atoms with Gasteiger partial charge in [0.1, 0.15) is 11.6 Å². The van der Waals surface area contributed by atoms with Gasteiger partial charge in [0.2, 0.25) is 5.91 Å². The maximum absolute atomic E-state index is 14.1. The minimum atomic E-state index is -0.556. The van der Waals surface area contributed by atoms with Crippen LogP contribution in [-0.4, -0.2) is 34.4 Å². The lowest BCUT2D eigenvalue weighted by atomic mass is 9.97. The first-order valence-corrected chi connectivity index (χ1v) is 8.64. The zero-order valence-corrected chi connectivity index (χ0v) is 14.3. The topological polar surface area (TPSA) is 83.6 Å². The van der Waals surface area contributed by atoms with E-state index in [0.717, 1.165) is 25.3 Å². The molecule has 2 aromatic rings. The van der Waals surface area contributed by atoms with Gasteiger partial charge >= 0.3 is 0 Å². The van der Waals surface area contributed by atoms with E-state index in [0.29, 0.717) is 23.2 Å². The first kappa shape index (κ1) is 17.9. The van der Waals surface area contributed by atoms with Crippen LogP contribution in [0.1, 0.15) is 36.0 Å². The van der Waals surface area contributed by atoms with Crippen LogP contribution < -0.4 is 5.73 Å². The van der Waals surface area contributed by atoms with E-state index in [1.165, 1.54) is 12.1 Å². The Balaban J connectivity index is 1.89. The van der Waals surface area contributed by atoms with Crippen molar-refractivity contribution in [2.75, 3.05) is 6.54 Å². The molecule has 0 aromatic heterocycles. The van der Waals surface area contributed by atoms with E-state index in [1.807, 2.05) is 0 Å². The van der Waals surface area contributed by atoms with Crippen molar-refractivity contribution in [1.29, 1.82) is 0 Å². The number of primary amides is 1. The van der Waals surface area contributed by atoms with Crippen LogP contribution in [0.15, 0.2) is 42.5 Å². The summed E-state index contributed by atoms with van der Waals surface area (Å²) in [5.74, 6) is -1.31. The van der Waals surface area contributed by atoms with Crippen LogP contribution in [0.4, 0.5) is 4.39 Å². The minimum Gasteiger partial charge on any atom is -0.508 e. The zero-order valence-electron chi connectivity index (χ0n) is 14.3. The van der Waals surface area contributed by atoms with Crippen LogP contribution in [0.3, 0.4) is 0 Å². The number of carbonyl (C=O) groups is 2.